The number of rotatable bonds is 4. The van der Waals surface area contributed by atoms with E-state index in [4.69, 9.17) is 9.47 Å². The molecule has 5 heteroatoms. The van der Waals surface area contributed by atoms with Gasteiger partial charge >= 0.3 is 0 Å². The molecule has 1 atom stereocenters. The Bertz CT molecular complexity index is 661. The van der Waals surface area contributed by atoms with Gasteiger partial charge in [0.2, 0.25) is 6.79 Å². The van der Waals surface area contributed by atoms with Crippen molar-refractivity contribution in [3.63, 3.8) is 0 Å². The number of nitrogens with one attached hydrogen (secondary N) is 1. The van der Waals surface area contributed by atoms with Gasteiger partial charge in [0, 0.05) is 6.04 Å². The molecule has 1 unspecified atom stereocenters. The van der Waals surface area contributed by atoms with Crippen LogP contribution in [0.2, 0.25) is 0 Å². The lowest BCUT2D eigenvalue weighted by atomic mass is 9.98. The molecule has 0 spiro atoms. The van der Waals surface area contributed by atoms with Crippen molar-refractivity contribution in [2.24, 2.45) is 0 Å². The highest BCUT2D eigenvalue weighted by molar-refractivity contribution is 5.45. The van der Waals surface area contributed by atoms with E-state index < -0.39 is 11.6 Å². The Morgan fingerprint density at radius 1 is 1.14 bits per heavy atom. The molecular weight excluding hydrogens is 276 g/mol. The van der Waals surface area contributed by atoms with Crippen LogP contribution in [0.25, 0.3) is 0 Å². The van der Waals surface area contributed by atoms with Crippen LogP contribution >= 0.6 is 0 Å². The fourth-order valence-electron chi connectivity index (χ4n) is 2.44. The summed E-state index contributed by atoms with van der Waals surface area (Å²) in [6, 6.07) is 9.66. The van der Waals surface area contributed by atoms with Gasteiger partial charge in [0.05, 0.1) is 0 Å². The van der Waals surface area contributed by atoms with Crippen molar-refractivity contribution in [1.82, 2.24) is 5.32 Å². The van der Waals surface area contributed by atoms with E-state index in [-0.39, 0.29) is 12.8 Å². The van der Waals surface area contributed by atoms with Crippen LogP contribution in [-0.2, 0) is 6.42 Å². The molecule has 0 amide bonds. The highest BCUT2D eigenvalue weighted by Crippen LogP contribution is 2.35. The highest BCUT2D eigenvalue weighted by Gasteiger charge is 2.19. The number of fused-ring (bicyclic) bond motifs is 1. The number of ether oxygens (including phenoxy) is 2. The van der Waals surface area contributed by atoms with Crippen molar-refractivity contribution < 1.29 is 18.3 Å². The van der Waals surface area contributed by atoms with Crippen LogP contribution in [0.1, 0.15) is 17.2 Å². The maximum Gasteiger partial charge on any atom is 0.231 e. The Kier molecular flexibility index (Phi) is 3.75. The molecule has 0 aromatic heterocycles. The number of likely N-dealkylation sites (N-methyl/N-ethyl adjacent to an activating group) is 1. The predicted octanol–water partition coefficient (Wildman–Crippen LogP) is 3.20. The van der Waals surface area contributed by atoms with E-state index in [9.17, 15) is 8.78 Å². The van der Waals surface area contributed by atoms with Gasteiger partial charge in [0.1, 0.15) is 0 Å². The van der Waals surface area contributed by atoms with Crippen molar-refractivity contribution in [2.45, 2.75) is 12.5 Å². The van der Waals surface area contributed by atoms with Gasteiger partial charge in [0.15, 0.2) is 23.1 Å². The predicted molar refractivity (Wildman–Crippen MR) is 74.4 cm³/mol. The quantitative estimate of drug-likeness (QED) is 0.938. The summed E-state index contributed by atoms with van der Waals surface area (Å²) < 4.78 is 37.7. The van der Waals surface area contributed by atoms with Gasteiger partial charge in [0.25, 0.3) is 0 Å². The van der Waals surface area contributed by atoms with Gasteiger partial charge in [-0.1, -0.05) is 18.2 Å². The molecule has 0 fully saturated rings. The molecular formula is C16H15F2NO2. The molecule has 110 valence electrons. The summed E-state index contributed by atoms with van der Waals surface area (Å²) in [6.45, 7) is 0.210. The van der Waals surface area contributed by atoms with E-state index in [1.165, 1.54) is 6.07 Å². The maximum atomic E-state index is 13.8. The third kappa shape index (κ3) is 2.69. The highest BCUT2D eigenvalue weighted by atomic mass is 19.2. The summed E-state index contributed by atoms with van der Waals surface area (Å²) >= 11 is 0. The lowest BCUT2D eigenvalue weighted by Crippen LogP contribution is -2.19. The summed E-state index contributed by atoms with van der Waals surface area (Å²) in [7, 11) is 1.78. The number of benzene rings is 2. The molecule has 1 aliphatic heterocycles. The van der Waals surface area contributed by atoms with E-state index in [0.29, 0.717) is 23.5 Å². The number of halogens is 2. The molecule has 0 bridgehead atoms. The Morgan fingerprint density at radius 2 is 1.95 bits per heavy atom. The molecule has 1 aliphatic rings. The van der Waals surface area contributed by atoms with Crippen LogP contribution in [0.5, 0.6) is 11.5 Å². The first-order valence-corrected chi connectivity index (χ1v) is 6.68. The minimum atomic E-state index is -0.826. The normalized spacial score (nSPS) is 14.2. The second-order valence-corrected chi connectivity index (χ2v) is 4.87. The maximum absolute atomic E-state index is 13.8. The first-order valence-electron chi connectivity index (χ1n) is 6.68. The van der Waals surface area contributed by atoms with Gasteiger partial charge in [-0.3, -0.25) is 0 Å². The summed E-state index contributed by atoms with van der Waals surface area (Å²) in [5.74, 6) is -0.246. The van der Waals surface area contributed by atoms with Gasteiger partial charge < -0.3 is 14.8 Å². The topological polar surface area (TPSA) is 30.5 Å². The van der Waals surface area contributed by atoms with Gasteiger partial charge in [-0.05, 0) is 42.8 Å². The zero-order chi connectivity index (χ0) is 14.8. The first kappa shape index (κ1) is 13.8. The second-order valence-electron chi connectivity index (χ2n) is 4.87. The number of hydrogen-bond donors (Lipinski definition) is 1. The molecule has 0 radical (unpaired) electrons. The van der Waals surface area contributed by atoms with Gasteiger partial charge in [-0.15, -0.1) is 0 Å². The first-order chi connectivity index (χ1) is 10.2. The van der Waals surface area contributed by atoms with E-state index >= 15 is 0 Å². The zero-order valence-corrected chi connectivity index (χ0v) is 11.5. The summed E-state index contributed by atoms with van der Waals surface area (Å²) in [5.41, 5.74) is 1.28. The third-order valence-electron chi connectivity index (χ3n) is 3.60. The molecule has 2 aromatic carbocycles. The number of hydrogen-bond acceptors (Lipinski definition) is 3. The zero-order valence-electron chi connectivity index (χ0n) is 11.5. The molecule has 1 N–H and O–H groups in total. The second kappa shape index (κ2) is 5.69. The van der Waals surface area contributed by atoms with Crippen LogP contribution in [-0.4, -0.2) is 13.8 Å². The van der Waals surface area contributed by atoms with E-state index in [1.807, 2.05) is 18.2 Å². The standard InChI is InChI=1S/C16H15F2NO2/c1-19-13(7-11-3-2-4-12(17)16(11)18)10-5-6-14-15(8-10)21-9-20-14/h2-6,8,13,19H,7,9H2,1H3. The molecule has 3 rings (SSSR count). The lowest BCUT2D eigenvalue weighted by Gasteiger charge is -2.17. The van der Waals surface area contributed by atoms with Crippen molar-refractivity contribution in [3.8, 4) is 11.5 Å². The van der Waals surface area contributed by atoms with Crippen molar-refractivity contribution >= 4 is 0 Å². The Morgan fingerprint density at radius 3 is 2.76 bits per heavy atom. The SMILES string of the molecule is CNC(Cc1cccc(F)c1F)c1ccc2c(c1)OCO2. The van der Waals surface area contributed by atoms with E-state index in [2.05, 4.69) is 5.32 Å². The Labute approximate surface area is 121 Å². The summed E-state index contributed by atoms with van der Waals surface area (Å²) in [6.07, 6.45) is 0.347. The fourth-order valence-corrected chi connectivity index (χ4v) is 2.44. The minimum Gasteiger partial charge on any atom is -0.454 e. The average Bonchev–Trinajstić information content (AvgIpc) is 2.96. The molecule has 2 aromatic rings. The van der Waals surface area contributed by atoms with E-state index in [0.717, 1.165) is 11.6 Å². The van der Waals surface area contributed by atoms with Crippen LogP contribution in [0, 0.1) is 11.6 Å². The largest absolute Gasteiger partial charge is 0.454 e. The summed E-state index contributed by atoms with van der Waals surface area (Å²) in [5, 5.41) is 3.12. The third-order valence-corrected chi connectivity index (χ3v) is 3.60. The summed E-state index contributed by atoms with van der Waals surface area (Å²) in [4.78, 5) is 0. The molecule has 21 heavy (non-hydrogen) atoms. The van der Waals surface area contributed by atoms with E-state index in [1.54, 1.807) is 13.1 Å². The molecule has 3 nitrogen and oxygen atoms in total. The van der Waals surface area contributed by atoms with Crippen LogP contribution in [0.15, 0.2) is 36.4 Å². The van der Waals surface area contributed by atoms with Crippen LogP contribution < -0.4 is 14.8 Å². The Hall–Kier alpha value is -2.14. The molecule has 0 saturated carbocycles. The van der Waals surface area contributed by atoms with Gasteiger partial charge in [-0.2, -0.15) is 0 Å². The van der Waals surface area contributed by atoms with Crippen LogP contribution in [0.4, 0.5) is 8.78 Å². The van der Waals surface area contributed by atoms with Gasteiger partial charge in [-0.25, -0.2) is 8.78 Å². The van der Waals surface area contributed by atoms with Crippen molar-refractivity contribution in [2.75, 3.05) is 13.8 Å². The van der Waals surface area contributed by atoms with Crippen molar-refractivity contribution in [1.29, 1.82) is 0 Å². The fraction of sp³-hybridized carbons (Fsp3) is 0.250. The molecule has 1 heterocycles. The molecule has 0 aliphatic carbocycles. The van der Waals surface area contributed by atoms with Crippen molar-refractivity contribution in [3.05, 3.63) is 59.2 Å². The van der Waals surface area contributed by atoms with Crippen LogP contribution in [0.3, 0.4) is 0 Å². The molecule has 0 saturated heterocycles. The Balaban J connectivity index is 1.87. The smallest absolute Gasteiger partial charge is 0.231 e. The lowest BCUT2D eigenvalue weighted by molar-refractivity contribution is 0.174. The monoisotopic (exact) mass is 291 g/mol. The minimum absolute atomic E-state index is 0.143. The average molecular weight is 291 g/mol.